The molecule has 2 nitrogen and oxygen atoms in total. The summed E-state index contributed by atoms with van der Waals surface area (Å²) in [6, 6.07) is 12.1. The Morgan fingerprint density at radius 2 is 1.95 bits per heavy atom. The van der Waals surface area contributed by atoms with E-state index in [1.54, 1.807) is 0 Å². The quantitative estimate of drug-likeness (QED) is 0.593. The van der Waals surface area contributed by atoms with E-state index >= 15 is 0 Å². The summed E-state index contributed by atoms with van der Waals surface area (Å²) in [6.07, 6.45) is 3.85. The molecule has 1 aromatic carbocycles. The van der Waals surface area contributed by atoms with Crippen LogP contribution < -0.4 is 4.74 Å². The Balaban J connectivity index is 2.15. The lowest BCUT2D eigenvalue weighted by Gasteiger charge is -2.18. The van der Waals surface area contributed by atoms with Gasteiger partial charge in [-0.15, -0.1) is 0 Å². The molecule has 0 N–H and O–H groups in total. The number of ether oxygens (including phenoxy) is 1. The standard InChI is InChI=1S/C15H15BrINO/c1-2-3-15(14-9-4-11(16)10-18-14)19-13-7-5-12(17)6-8-13/h4-10,15H,2-3H2,1H3/t15-/m0/s1. The van der Waals surface area contributed by atoms with Crippen LogP contribution in [0.2, 0.25) is 0 Å². The predicted octanol–water partition coefficient (Wildman–Crippen LogP) is 5.37. The van der Waals surface area contributed by atoms with Crippen LogP contribution in [-0.2, 0) is 0 Å². The fraction of sp³-hybridized carbons (Fsp3) is 0.267. The van der Waals surface area contributed by atoms with Crippen molar-refractivity contribution in [2.45, 2.75) is 25.9 Å². The molecule has 19 heavy (non-hydrogen) atoms. The van der Waals surface area contributed by atoms with Crippen molar-refractivity contribution in [2.75, 3.05) is 0 Å². The summed E-state index contributed by atoms with van der Waals surface area (Å²) in [4.78, 5) is 4.44. The van der Waals surface area contributed by atoms with Crippen molar-refractivity contribution >= 4 is 38.5 Å². The van der Waals surface area contributed by atoms with Gasteiger partial charge in [-0.25, -0.2) is 0 Å². The van der Waals surface area contributed by atoms with Crippen molar-refractivity contribution in [3.8, 4) is 5.75 Å². The van der Waals surface area contributed by atoms with Crippen molar-refractivity contribution in [3.63, 3.8) is 0 Å². The smallest absolute Gasteiger partial charge is 0.140 e. The maximum absolute atomic E-state index is 6.05. The van der Waals surface area contributed by atoms with Gasteiger partial charge in [0, 0.05) is 14.2 Å². The van der Waals surface area contributed by atoms with Gasteiger partial charge in [0.2, 0.25) is 0 Å². The highest BCUT2D eigenvalue weighted by Gasteiger charge is 2.13. The molecule has 0 saturated carbocycles. The van der Waals surface area contributed by atoms with Gasteiger partial charge in [-0.1, -0.05) is 13.3 Å². The van der Waals surface area contributed by atoms with Gasteiger partial charge in [0.15, 0.2) is 0 Å². The van der Waals surface area contributed by atoms with Gasteiger partial charge >= 0.3 is 0 Å². The normalized spacial score (nSPS) is 12.2. The van der Waals surface area contributed by atoms with Gasteiger partial charge in [-0.3, -0.25) is 4.98 Å². The Hall–Kier alpha value is -0.620. The number of aromatic nitrogens is 1. The van der Waals surface area contributed by atoms with E-state index < -0.39 is 0 Å². The van der Waals surface area contributed by atoms with Crippen LogP contribution in [0.5, 0.6) is 5.75 Å². The van der Waals surface area contributed by atoms with Gasteiger partial charge in [0.05, 0.1) is 5.69 Å². The second-order valence-corrected chi connectivity index (χ2v) is 6.41. The van der Waals surface area contributed by atoms with Gasteiger partial charge in [-0.05, 0) is 81.3 Å². The summed E-state index contributed by atoms with van der Waals surface area (Å²) in [5.41, 5.74) is 0.976. The third-order valence-electron chi connectivity index (χ3n) is 2.72. The van der Waals surface area contributed by atoms with E-state index in [0.717, 1.165) is 28.8 Å². The molecule has 0 aliphatic carbocycles. The molecule has 0 unspecified atom stereocenters. The topological polar surface area (TPSA) is 22.1 Å². The summed E-state index contributed by atoms with van der Waals surface area (Å²) < 4.78 is 8.25. The highest BCUT2D eigenvalue weighted by molar-refractivity contribution is 14.1. The van der Waals surface area contributed by atoms with Gasteiger partial charge in [0.25, 0.3) is 0 Å². The molecule has 0 amide bonds. The molecular weight excluding hydrogens is 417 g/mol. The van der Waals surface area contributed by atoms with Crippen molar-refractivity contribution in [1.29, 1.82) is 0 Å². The van der Waals surface area contributed by atoms with Crippen molar-refractivity contribution in [2.24, 2.45) is 0 Å². The molecule has 100 valence electrons. The molecule has 0 bridgehead atoms. The first-order chi connectivity index (χ1) is 9.19. The number of rotatable bonds is 5. The number of hydrogen-bond acceptors (Lipinski definition) is 2. The van der Waals surface area contributed by atoms with E-state index in [1.807, 2.05) is 42.6 Å². The zero-order valence-electron chi connectivity index (χ0n) is 10.6. The van der Waals surface area contributed by atoms with Gasteiger partial charge in [0.1, 0.15) is 11.9 Å². The maximum Gasteiger partial charge on any atom is 0.140 e. The van der Waals surface area contributed by atoms with E-state index in [0.29, 0.717) is 0 Å². The van der Waals surface area contributed by atoms with E-state index in [-0.39, 0.29) is 6.10 Å². The zero-order valence-corrected chi connectivity index (χ0v) is 14.4. The van der Waals surface area contributed by atoms with Crippen molar-refractivity contribution < 1.29 is 4.74 Å². The second kappa shape index (κ2) is 7.24. The Morgan fingerprint density at radius 3 is 2.53 bits per heavy atom. The van der Waals surface area contributed by atoms with E-state index in [2.05, 4.69) is 50.4 Å². The third kappa shape index (κ3) is 4.45. The number of benzene rings is 1. The van der Waals surface area contributed by atoms with Crippen LogP contribution in [0.15, 0.2) is 47.1 Å². The summed E-state index contributed by atoms with van der Waals surface area (Å²) >= 11 is 5.69. The maximum atomic E-state index is 6.05. The third-order valence-corrected chi connectivity index (χ3v) is 3.91. The zero-order chi connectivity index (χ0) is 13.7. The molecule has 0 saturated heterocycles. The molecule has 2 aromatic rings. The monoisotopic (exact) mass is 431 g/mol. The minimum absolute atomic E-state index is 0.0122. The van der Waals surface area contributed by atoms with Crippen LogP contribution >= 0.6 is 38.5 Å². The summed E-state index contributed by atoms with van der Waals surface area (Å²) in [6.45, 7) is 2.16. The predicted molar refractivity (Wildman–Crippen MR) is 89.4 cm³/mol. The summed E-state index contributed by atoms with van der Waals surface area (Å²) in [5.74, 6) is 0.892. The lowest BCUT2D eigenvalue weighted by Crippen LogP contribution is -2.09. The molecule has 0 fully saturated rings. The molecule has 1 heterocycles. The minimum atomic E-state index is 0.0122. The molecule has 0 aliphatic heterocycles. The highest BCUT2D eigenvalue weighted by Crippen LogP contribution is 2.26. The SMILES string of the molecule is CCC[C@H](Oc1ccc(I)cc1)c1ccc(Br)cn1. The molecule has 0 spiro atoms. The lowest BCUT2D eigenvalue weighted by atomic mass is 10.1. The molecule has 1 aromatic heterocycles. The first-order valence-corrected chi connectivity index (χ1v) is 8.10. The Kier molecular flexibility index (Phi) is 5.63. The Morgan fingerprint density at radius 1 is 1.21 bits per heavy atom. The van der Waals surface area contributed by atoms with Crippen LogP contribution in [0.1, 0.15) is 31.6 Å². The van der Waals surface area contributed by atoms with Gasteiger partial charge < -0.3 is 4.74 Å². The van der Waals surface area contributed by atoms with E-state index in [9.17, 15) is 0 Å². The molecular formula is C15H15BrINO. The average molecular weight is 432 g/mol. The summed E-state index contributed by atoms with van der Waals surface area (Å²) in [5, 5.41) is 0. The molecule has 2 rings (SSSR count). The molecule has 0 radical (unpaired) electrons. The lowest BCUT2D eigenvalue weighted by molar-refractivity contribution is 0.189. The van der Waals surface area contributed by atoms with Crippen LogP contribution in [-0.4, -0.2) is 4.98 Å². The van der Waals surface area contributed by atoms with Crippen molar-refractivity contribution in [1.82, 2.24) is 4.98 Å². The molecule has 0 aliphatic rings. The molecule has 1 atom stereocenters. The fourth-order valence-corrected chi connectivity index (χ4v) is 2.38. The average Bonchev–Trinajstić information content (AvgIpc) is 2.42. The van der Waals surface area contributed by atoms with Crippen LogP contribution in [0.3, 0.4) is 0 Å². The minimum Gasteiger partial charge on any atom is -0.484 e. The summed E-state index contributed by atoms with van der Waals surface area (Å²) in [7, 11) is 0. The first-order valence-electron chi connectivity index (χ1n) is 6.22. The highest BCUT2D eigenvalue weighted by atomic mass is 127. The van der Waals surface area contributed by atoms with E-state index in [1.165, 1.54) is 3.57 Å². The number of halogens is 2. The largest absolute Gasteiger partial charge is 0.484 e. The Bertz CT molecular complexity index is 513. The Labute approximate surface area is 135 Å². The fourth-order valence-electron chi connectivity index (χ4n) is 1.78. The first kappa shape index (κ1) is 14.8. The molecule has 4 heteroatoms. The van der Waals surface area contributed by atoms with Crippen LogP contribution in [0.25, 0.3) is 0 Å². The second-order valence-electron chi connectivity index (χ2n) is 4.25. The van der Waals surface area contributed by atoms with Crippen LogP contribution in [0, 0.1) is 3.57 Å². The number of hydrogen-bond donors (Lipinski definition) is 0. The van der Waals surface area contributed by atoms with Crippen molar-refractivity contribution in [3.05, 3.63) is 56.3 Å². The van der Waals surface area contributed by atoms with Gasteiger partial charge in [-0.2, -0.15) is 0 Å². The van der Waals surface area contributed by atoms with E-state index in [4.69, 9.17) is 4.74 Å². The number of pyridine rings is 1. The number of nitrogens with zero attached hydrogens (tertiary/aromatic N) is 1. The van der Waals surface area contributed by atoms with Crippen LogP contribution in [0.4, 0.5) is 0 Å².